The van der Waals surface area contributed by atoms with Crippen molar-refractivity contribution in [1.29, 1.82) is 0 Å². The fourth-order valence-corrected chi connectivity index (χ4v) is 9.32. The molecule has 11 aromatic rings. The van der Waals surface area contributed by atoms with Gasteiger partial charge in [0.15, 0.2) is 0 Å². The van der Waals surface area contributed by atoms with Gasteiger partial charge in [0.05, 0.1) is 5.69 Å². The number of benzene rings is 9. The summed E-state index contributed by atoms with van der Waals surface area (Å²) in [5.41, 5.74) is 12.1. The summed E-state index contributed by atoms with van der Waals surface area (Å²) in [6, 6.07) is 72.4. The minimum atomic E-state index is 0.902. The summed E-state index contributed by atoms with van der Waals surface area (Å²) in [6.45, 7) is 0. The largest absolute Gasteiger partial charge is 0.456 e. The molecule has 0 aliphatic carbocycles. The third-order valence-electron chi connectivity index (χ3n) is 10.9. The lowest BCUT2D eigenvalue weighted by Crippen LogP contribution is -2.11. The van der Waals surface area contributed by atoms with E-state index in [9.17, 15) is 0 Å². The van der Waals surface area contributed by atoms with Crippen LogP contribution in [-0.2, 0) is 0 Å². The Kier molecular flexibility index (Phi) is 7.39. The summed E-state index contributed by atoms with van der Waals surface area (Å²) in [6.07, 6.45) is 0. The number of hydrogen-bond acceptors (Lipinski definition) is 3. The van der Waals surface area contributed by atoms with Gasteiger partial charge in [0, 0.05) is 47.9 Å². The fourth-order valence-electron chi connectivity index (χ4n) is 8.23. The highest BCUT2D eigenvalue weighted by Crippen LogP contribution is 2.45. The Hall–Kier alpha value is -6.94. The quantitative estimate of drug-likeness (QED) is 0.170. The van der Waals surface area contributed by atoms with E-state index in [2.05, 4.69) is 193 Å². The number of hydrogen-bond donors (Lipinski definition) is 0. The van der Waals surface area contributed by atoms with Gasteiger partial charge in [-0.2, -0.15) is 0 Å². The van der Waals surface area contributed by atoms with Crippen molar-refractivity contribution in [3.8, 4) is 33.4 Å². The molecule has 2 nitrogen and oxygen atoms in total. The minimum absolute atomic E-state index is 0.902. The van der Waals surface area contributed by atoms with Crippen molar-refractivity contribution < 1.29 is 4.42 Å². The number of para-hydroxylation sites is 2. The zero-order chi connectivity index (χ0) is 36.3. The van der Waals surface area contributed by atoms with Crippen LogP contribution >= 0.6 is 11.3 Å². The van der Waals surface area contributed by atoms with Gasteiger partial charge in [-0.25, -0.2) is 0 Å². The van der Waals surface area contributed by atoms with E-state index in [1.54, 1.807) is 0 Å². The van der Waals surface area contributed by atoms with Crippen LogP contribution in [0.2, 0.25) is 0 Å². The Morgan fingerprint density at radius 1 is 0.345 bits per heavy atom. The van der Waals surface area contributed by atoms with Crippen molar-refractivity contribution in [2.24, 2.45) is 0 Å². The number of fused-ring (bicyclic) bond motifs is 7. The lowest BCUT2D eigenvalue weighted by Gasteiger charge is -2.28. The molecule has 0 radical (unpaired) electrons. The molecule has 0 aliphatic heterocycles. The van der Waals surface area contributed by atoms with Crippen LogP contribution in [0.25, 0.3) is 86.3 Å². The molecule has 258 valence electrons. The van der Waals surface area contributed by atoms with Crippen molar-refractivity contribution >= 4 is 81.3 Å². The smallest absolute Gasteiger partial charge is 0.136 e. The maximum absolute atomic E-state index is 6.26. The van der Waals surface area contributed by atoms with Crippen LogP contribution in [0.15, 0.2) is 205 Å². The molecular formula is C52H33NOS. The van der Waals surface area contributed by atoms with Crippen molar-refractivity contribution in [2.75, 3.05) is 4.90 Å². The third-order valence-corrected chi connectivity index (χ3v) is 12.0. The number of rotatable bonds is 6. The summed E-state index contributed by atoms with van der Waals surface area (Å²) < 4.78 is 8.88. The summed E-state index contributed by atoms with van der Waals surface area (Å²) in [5, 5.41) is 7.36. The monoisotopic (exact) mass is 719 g/mol. The van der Waals surface area contributed by atoms with Crippen LogP contribution in [-0.4, -0.2) is 0 Å². The van der Waals surface area contributed by atoms with E-state index in [0.29, 0.717) is 0 Å². The molecule has 55 heavy (non-hydrogen) atoms. The van der Waals surface area contributed by atoms with Crippen molar-refractivity contribution in [3.05, 3.63) is 200 Å². The highest BCUT2D eigenvalue weighted by molar-refractivity contribution is 7.25. The highest BCUT2D eigenvalue weighted by atomic mass is 32.1. The van der Waals surface area contributed by atoms with Gasteiger partial charge >= 0.3 is 0 Å². The molecule has 9 aromatic carbocycles. The Morgan fingerprint density at radius 2 is 1.00 bits per heavy atom. The van der Waals surface area contributed by atoms with Gasteiger partial charge in [0.25, 0.3) is 0 Å². The van der Waals surface area contributed by atoms with Gasteiger partial charge in [-0.15, -0.1) is 11.3 Å². The number of anilines is 3. The van der Waals surface area contributed by atoms with E-state index in [-0.39, 0.29) is 0 Å². The van der Waals surface area contributed by atoms with Gasteiger partial charge in [0.1, 0.15) is 11.2 Å². The maximum Gasteiger partial charge on any atom is 0.136 e. The number of furan rings is 1. The molecule has 11 rings (SSSR count). The Bertz CT molecular complexity index is 3220. The molecule has 0 amide bonds. The summed E-state index contributed by atoms with van der Waals surface area (Å²) in [4.78, 5) is 2.41. The second-order valence-electron chi connectivity index (χ2n) is 14.1. The Balaban J connectivity index is 1.07. The normalized spacial score (nSPS) is 11.6. The van der Waals surface area contributed by atoms with Gasteiger partial charge in [-0.05, 0) is 105 Å². The molecule has 0 fully saturated rings. The predicted molar refractivity (Wildman–Crippen MR) is 235 cm³/mol. The van der Waals surface area contributed by atoms with Gasteiger partial charge < -0.3 is 9.32 Å². The number of nitrogens with zero attached hydrogens (tertiary/aromatic N) is 1. The van der Waals surface area contributed by atoms with Crippen LogP contribution in [0.3, 0.4) is 0 Å². The molecule has 3 heteroatoms. The number of thiophene rings is 1. The van der Waals surface area contributed by atoms with Crippen molar-refractivity contribution in [1.82, 2.24) is 0 Å². The fraction of sp³-hybridized carbons (Fsp3) is 0. The van der Waals surface area contributed by atoms with E-state index in [0.717, 1.165) is 50.1 Å². The summed E-state index contributed by atoms with van der Waals surface area (Å²) in [5.74, 6) is 0. The first kappa shape index (κ1) is 31.6. The molecule has 0 unspecified atom stereocenters. The molecule has 0 saturated carbocycles. The SMILES string of the molecule is c1cc(-c2cccc3ccccc23)cc(N(c2ccc(-c3ccc4c(c3)oc3ccccc34)cc2)c2ccccc2-c2ccc3sc4ccccc4c3c2)c1. The molecule has 2 heterocycles. The molecule has 0 saturated heterocycles. The lowest BCUT2D eigenvalue weighted by molar-refractivity contribution is 0.669. The van der Waals surface area contributed by atoms with Gasteiger partial charge in [-0.1, -0.05) is 133 Å². The molecular weight excluding hydrogens is 687 g/mol. The molecule has 0 atom stereocenters. The average molecular weight is 720 g/mol. The Labute approximate surface area is 322 Å². The van der Waals surface area contributed by atoms with E-state index in [1.165, 1.54) is 53.2 Å². The standard InChI is InChI=1S/C52H33NOS/c1-2-15-41-35(11-1)12-10-19-42(41)37-13-9-14-40(31-37)53(39-27-23-34(24-28-39)36-25-29-45-44-17-4-7-21-49(44)54-50(45)33-36)48-20-6-3-16-43(48)38-26-30-52-47(32-38)46-18-5-8-22-51(46)55-52/h1-33H. The van der Waals surface area contributed by atoms with Crippen molar-refractivity contribution in [3.63, 3.8) is 0 Å². The molecule has 0 N–H and O–H groups in total. The average Bonchev–Trinajstić information content (AvgIpc) is 3.82. The predicted octanol–water partition coefficient (Wildman–Crippen LogP) is 15.6. The molecule has 0 aliphatic rings. The van der Waals surface area contributed by atoms with Crippen LogP contribution in [0.4, 0.5) is 17.1 Å². The molecule has 2 aromatic heterocycles. The summed E-state index contributed by atoms with van der Waals surface area (Å²) in [7, 11) is 0. The topological polar surface area (TPSA) is 16.4 Å². The van der Waals surface area contributed by atoms with E-state index in [4.69, 9.17) is 4.42 Å². The minimum Gasteiger partial charge on any atom is -0.456 e. The zero-order valence-corrected chi connectivity index (χ0v) is 30.6. The van der Waals surface area contributed by atoms with Gasteiger partial charge in [-0.3, -0.25) is 0 Å². The first-order chi connectivity index (χ1) is 27.2. The summed E-state index contributed by atoms with van der Waals surface area (Å²) >= 11 is 1.85. The zero-order valence-electron chi connectivity index (χ0n) is 29.8. The first-order valence-electron chi connectivity index (χ1n) is 18.7. The second-order valence-corrected chi connectivity index (χ2v) is 15.2. The highest BCUT2D eigenvalue weighted by Gasteiger charge is 2.19. The first-order valence-corrected chi connectivity index (χ1v) is 19.5. The Morgan fingerprint density at radius 3 is 1.93 bits per heavy atom. The van der Waals surface area contributed by atoms with Crippen LogP contribution < -0.4 is 4.90 Å². The van der Waals surface area contributed by atoms with Crippen LogP contribution in [0, 0.1) is 0 Å². The maximum atomic E-state index is 6.26. The molecule has 0 spiro atoms. The van der Waals surface area contributed by atoms with E-state index >= 15 is 0 Å². The van der Waals surface area contributed by atoms with Crippen LogP contribution in [0.1, 0.15) is 0 Å². The molecule has 0 bridgehead atoms. The second kappa shape index (κ2) is 12.9. The van der Waals surface area contributed by atoms with Crippen LogP contribution in [0.5, 0.6) is 0 Å². The van der Waals surface area contributed by atoms with Crippen molar-refractivity contribution in [2.45, 2.75) is 0 Å². The lowest BCUT2D eigenvalue weighted by atomic mass is 9.97. The van der Waals surface area contributed by atoms with Gasteiger partial charge in [0.2, 0.25) is 0 Å². The van der Waals surface area contributed by atoms with E-state index in [1.807, 2.05) is 23.5 Å². The van der Waals surface area contributed by atoms with E-state index < -0.39 is 0 Å². The third kappa shape index (κ3) is 5.40.